The average Bonchev–Trinajstić information content (AvgIpc) is 3.73. The van der Waals surface area contributed by atoms with Gasteiger partial charge in [0, 0.05) is 41.8 Å². The number of pyridine rings is 2. The van der Waals surface area contributed by atoms with Crippen LogP contribution in [-0.4, -0.2) is 36.7 Å². The molecule has 4 heterocycles. The predicted molar refractivity (Wildman–Crippen MR) is 151 cm³/mol. The van der Waals surface area contributed by atoms with Crippen molar-refractivity contribution in [2.75, 3.05) is 6.54 Å². The molecule has 0 atom stereocenters. The Bertz CT molecular complexity index is 1840. The number of aromatic amines is 2. The lowest BCUT2D eigenvalue weighted by atomic mass is 10.0. The molecule has 1 saturated carbocycles. The fraction of sp³-hybridized carbons (Fsp3) is 0.226. The van der Waals surface area contributed by atoms with Gasteiger partial charge in [-0.15, -0.1) is 0 Å². The van der Waals surface area contributed by atoms with Gasteiger partial charge in [0.1, 0.15) is 28.5 Å². The van der Waals surface area contributed by atoms with Crippen molar-refractivity contribution in [3.8, 4) is 33.9 Å². The number of rotatable bonds is 7. The number of hydrogen-bond acceptors (Lipinski definition) is 5. The van der Waals surface area contributed by atoms with Crippen molar-refractivity contribution in [2.45, 2.75) is 32.2 Å². The maximum Gasteiger partial charge on any atom is 0.159 e. The van der Waals surface area contributed by atoms with Crippen LogP contribution in [-0.2, 0) is 6.54 Å². The Morgan fingerprint density at radius 1 is 0.925 bits per heavy atom. The lowest BCUT2D eigenvalue weighted by Gasteiger charge is -2.11. The lowest BCUT2D eigenvalue weighted by molar-refractivity contribution is 0.489. The van der Waals surface area contributed by atoms with E-state index in [1.54, 1.807) is 42.7 Å². The second-order valence-electron chi connectivity index (χ2n) is 10.4. The molecule has 4 aromatic heterocycles. The second-order valence-corrected chi connectivity index (χ2v) is 10.4. The van der Waals surface area contributed by atoms with E-state index in [1.165, 1.54) is 31.7 Å². The standard InChI is InChI=1S/C31H27F2N7/c32-23-8-4-3-7-22(23)28-29-25(11-12-36-28)37-31(38-29)30-26-24(39-40-30)10-9-21(27(26)33)20-13-19(16-35-17-20)15-34-14-18-5-1-2-6-18/h3-4,7-13,16-18,34H,1-2,5-6,14-15H2,(H,37,38)(H,39,40). The molecule has 7 rings (SSSR count). The van der Waals surface area contributed by atoms with Crippen LogP contribution in [0.1, 0.15) is 31.2 Å². The van der Waals surface area contributed by atoms with E-state index in [2.05, 4.69) is 30.5 Å². The number of halogens is 2. The highest BCUT2D eigenvalue weighted by Crippen LogP contribution is 2.35. The maximum atomic E-state index is 16.2. The lowest BCUT2D eigenvalue weighted by Crippen LogP contribution is -2.20. The van der Waals surface area contributed by atoms with Crippen LogP contribution in [0.15, 0.2) is 67.1 Å². The van der Waals surface area contributed by atoms with Gasteiger partial charge in [-0.2, -0.15) is 5.10 Å². The first-order valence-electron chi connectivity index (χ1n) is 13.6. The summed E-state index contributed by atoms with van der Waals surface area (Å²) in [4.78, 5) is 16.7. The van der Waals surface area contributed by atoms with Crippen molar-refractivity contribution in [3.63, 3.8) is 0 Å². The Labute approximate surface area is 229 Å². The number of benzene rings is 2. The van der Waals surface area contributed by atoms with Gasteiger partial charge in [-0.3, -0.25) is 15.1 Å². The van der Waals surface area contributed by atoms with E-state index in [0.29, 0.717) is 62.4 Å². The zero-order chi connectivity index (χ0) is 27.1. The minimum atomic E-state index is -0.410. The van der Waals surface area contributed by atoms with Crippen LogP contribution in [0.2, 0.25) is 0 Å². The van der Waals surface area contributed by atoms with E-state index in [1.807, 2.05) is 18.3 Å². The summed E-state index contributed by atoms with van der Waals surface area (Å²) in [5.41, 5.74) is 4.91. The molecule has 1 aliphatic rings. The molecular formula is C31H27F2N7. The Morgan fingerprint density at radius 2 is 1.80 bits per heavy atom. The average molecular weight is 536 g/mol. The minimum Gasteiger partial charge on any atom is -0.336 e. The van der Waals surface area contributed by atoms with Crippen LogP contribution in [0.4, 0.5) is 8.78 Å². The van der Waals surface area contributed by atoms with E-state index in [4.69, 9.17) is 4.98 Å². The fourth-order valence-electron chi connectivity index (χ4n) is 5.73. The first kappa shape index (κ1) is 24.5. The summed E-state index contributed by atoms with van der Waals surface area (Å²) >= 11 is 0. The molecule has 9 heteroatoms. The molecule has 1 fully saturated rings. The number of nitrogens with zero attached hydrogens (tertiary/aromatic N) is 4. The smallest absolute Gasteiger partial charge is 0.159 e. The summed E-state index contributed by atoms with van der Waals surface area (Å²) in [5.74, 6) is 0.308. The zero-order valence-electron chi connectivity index (χ0n) is 21.7. The third-order valence-corrected chi connectivity index (χ3v) is 7.76. The summed E-state index contributed by atoms with van der Waals surface area (Å²) in [6.07, 6.45) is 10.3. The zero-order valence-corrected chi connectivity index (χ0v) is 21.7. The molecular weight excluding hydrogens is 508 g/mol. The van der Waals surface area contributed by atoms with Crippen molar-refractivity contribution in [1.29, 1.82) is 0 Å². The van der Waals surface area contributed by atoms with Gasteiger partial charge in [-0.1, -0.05) is 25.0 Å². The Hall–Kier alpha value is -4.50. The quantitative estimate of drug-likeness (QED) is 0.209. The molecule has 2 aromatic carbocycles. The highest BCUT2D eigenvalue weighted by atomic mass is 19.1. The number of nitrogens with one attached hydrogen (secondary N) is 3. The minimum absolute atomic E-state index is 0.321. The number of fused-ring (bicyclic) bond motifs is 2. The Morgan fingerprint density at radius 3 is 2.67 bits per heavy atom. The summed E-state index contributed by atoms with van der Waals surface area (Å²) in [6.45, 7) is 1.68. The van der Waals surface area contributed by atoms with Gasteiger partial charge in [0.2, 0.25) is 0 Å². The molecule has 0 aliphatic heterocycles. The van der Waals surface area contributed by atoms with Crippen LogP contribution < -0.4 is 5.32 Å². The van der Waals surface area contributed by atoms with E-state index >= 15 is 4.39 Å². The molecule has 40 heavy (non-hydrogen) atoms. The molecule has 0 bridgehead atoms. The SMILES string of the molecule is Fc1ccccc1-c1nccc2[nH]c(-c3n[nH]c4ccc(-c5cncc(CNCC6CCCC6)c5)c(F)c34)nc12. The third kappa shape index (κ3) is 4.42. The number of hydrogen-bond donors (Lipinski definition) is 3. The summed E-state index contributed by atoms with van der Waals surface area (Å²) in [5, 5.41) is 11.2. The fourth-order valence-corrected chi connectivity index (χ4v) is 5.73. The predicted octanol–water partition coefficient (Wildman–Crippen LogP) is 6.79. The van der Waals surface area contributed by atoms with E-state index in [-0.39, 0.29) is 0 Å². The molecule has 200 valence electrons. The summed E-state index contributed by atoms with van der Waals surface area (Å²) in [6, 6.07) is 13.7. The van der Waals surface area contributed by atoms with Crippen molar-refractivity contribution in [1.82, 2.24) is 35.5 Å². The molecule has 0 radical (unpaired) electrons. The molecule has 0 amide bonds. The van der Waals surface area contributed by atoms with Crippen molar-refractivity contribution in [3.05, 3.63) is 84.3 Å². The molecule has 0 saturated heterocycles. The topological polar surface area (TPSA) is 95.2 Å². The van der Waals surface area contributed by atoms with Crippen molar-refractivity contribution < 1.29 is 8.78 Å². The highest BCUT2D eigenvalue weighted by Gasteiger charge is 2.21. The first-order chi connectivity index (χ1) is 19.7. The normalized spacial score (nSPS) is 14.1. The monoisotopic (exact) mass is 535 g/mol. The largest absolute Gasteiger partial charge is 0.336 e. The highest BCUT2D eigenvalue weighted by molar-refractivity contribution is 5.98. The van der Waals surface area contributed by atoms with Crippen LogP contribution in [0.25, 0.3) is 55.8 Å². The Kier molecular flexibility index (Phi) is 6.28. The second kappa shape index (κ2) is 10.2. The van der Waals surface area contributed by atoms with Crippen LogP contribution >= 0.6 is 0 Å². The van der Waals surface area contributed by atoms with Crippen LogP contribution in [0.5, 0.6) is 0 Å². The summed E-state index contributed by atoms with van der Waals surface area (Å²) < 4.78 is 30.7. The first-order valence-corrected chi connectivity index (χ1v) is 13.6. The van der Waals surface area contributed by atoms with Gasteiger partial charge >= 0.3 is 0 Å². The van der Waals surface area contributed by atoms with Gasteiger partial charge < -0.3 is 10.3 Å². The van der Waals surface area contributed by atoms with Gasteiger partial charge in [0.15, 0.2) is 5.82 Å². The third-order valence-electron chi connectivity index (χ3n) is 7.76. The molecule has 7 nitrogen and oxygen atoms in total. The van der Waals surface area contributed by atoms with E-state index in [0.717, 1.165) is 18.0 Å². The number of aromatic nitrogens is 6. The van der Waals surface area contributed by atoms with Crippen LogP contribution in [0.3, 0.4) is 0 Å². The van der Waals surface area contributed by atoms with Gasteiger partial charge in [0.25, 0.3) is 0 Å². The number of H-pyrrole nitrogens is 2. The van der Waals surface area contributed by atoms with E-state index in [9.17, 15) is 4.39 Å². The maximum absolute atomic E-state index is 16.2. The van der Waals surface area contributed by atoms with Crippen molar-refractivity contribution >= 4 is 21.9 Å². The molecule has 1 aliphatic carbocycles. The van der Waals surface area contributed by atoms with Crippen molar-refractivity contribution in [2.24, 2.45) is 5.92 Å². The molecule has 3 N–H and O–H groups in total. The van der Waals surface area contributed by atoms with Crippen LogP contribution in [0, 0.1) is 17.6 Å². The van der Waals surface area contributed by atoms with Gasteiger partial charge in [-0.25, -0.2) is 13.8 Å². The molecule has 0 unspecified atom stereocenters. The summed E-state index contributed by atoms with van der Waals surface area (Å²) in [7, 11) is 0. The van der Waals surface area contributed by atoms with Gasteiger partial charge in [-0.05, 0) is 67.3 Å². The molecule has 6 aromatic rings. The molecule has 0 spiro atoms. The number of imidazole rings is 1. The van der Waals surface area contributed by atoms with E-state index < -0.39 is 11.6 Å². The Balaban J connectivity index is 1.24. The van der Waals surface area contributed by atoms with Gasteiger partial charge in [0.05, 0.1) is 16.4 Å².